The summed E-state index contributed by atoms with van der Waals surface area (Å²) in [6.45, 7) is -5.81. The first-order chi connectivity index (χ1) is 8.04. The minimum absolute atomic E-state index is 0.0248. The molecule has 0 aliphatic carbocycles. The highest BCUT2D eigenvalue weighted by molar-refractivity contribution is 6.60. The van der Waals surface area contributed by atoms with Crippen LogP contribution in [0.2, 0.25) is 0 Å². The van der Waals surface area contributed by atoms with E-state index in [0.29, 0.717) is 0 Å². The first-order valence-electron chi connectivity index (χ1n) is 5.99. The van der Waals surface area contributed by atoms with Crippen molar-refractivity contribution in [3.8, 4) is 5.75 Å². The van der Waals surface area contributed by atoms with Gasteiger partial charge in [0.1, 0.15) is 5.75 Å². The second kappa shape index (κ2) is 4.16. The van der Waals surface area contributed by atoms with E-state index in [9.17, 15) is 0 Å². The SMILES string of the molecule is [2H]C([2H])([2H])C([2H])([2H])Oc1ccc(B(O)O)c(N)c1. The molecule has 4 N–H and O–H groups in total. The van der Waals surface area contributed by atoms with Gasteiger partial charge in [0.05, 0.1) is 9.30 Å². The van der Waals surface area contributed by atoms with Crippen LogP contribution in [0, 0.1) is 0 Å². The zero-order chi connectivity index (χ0) is 14.1. The maximum atomic E-state index is 8.93. The molecule has 70 valence electrons. The van der Waals surface area contributed by atoms with Crippen LogP contribution in [0.25, 0.3) is 0 Å². The lowest BCUT2D eigenvalue weighted by Gasteiger charge is -2.07. The van der Waals surface area contributed by atoms with Crippen molar-refractivity contribution in [3.05, 3.63) is 18.2 Å². The summed E-state index contributed by atoms with van der Waals surface area (Å²) in [6, 6.07) is 3.54. The van der Waals surface area contributed by atoms with Gasteiger partial charge >= 0.3 is 7.12 Å². The van der Waals surface area contributed by atoms with E-state index in [0.717, 1.165) is 6.07 Å². The van der Waals surface area contributed by atoms with E-state index in [1.165, 1.54) is 12.1 Å². The van der Waals surface area contributed by atoms with Crippen molar-refractivity contribution in [3.63, 3.8) is 0 Å². The maximum absolute atomic E-state index is 8.93. The second-order valence-corrected chi connectivity index (χ2v) is 2.37. The molecule has 0 heterocycles. The van der Waals surface area contributed by atoms with Gasteiger partial charge in [-0.25, -0.2) is 0 Å². The van der Waals surface area contributed by atoms with Gasteiger partial charge in [-0.1, -0.05) is 6.07 Å². The number of nitrogen functional groups attached to an aromatic ring is 1. The average Bonchev–Trinajstić information content (AvgIpc) is 2.14. The molecule has 0 aliphatic rings. The predicted molar refractivity (Wildman–Crippen MR) is 51.8 cm³/mol. The highest BCUT2D eigenvalue weighted by atomic mass is 16.5. The summed E-state index contributed by atoms with van der Waals surface area (Å²) in [6.07, 6.45) is 0. The fourth-order valence-electron chi connectivity index (χ4n) is 0.910. The molecular weight excluding hydrogens is 169 g/mol. The van der Waals surface area contributed by atoms with Crippen LogP contribution in [0.15, 0.2) is 18.2 Å². The first-order valence-corrected chi connectivity index (χ1v) is 3.49. The number of benzene rings is 1. The Morgan fingerprint density at radius 2 is 2.46 bits per heavy atom. The van der Waals surface area contributed by atoms with Crippen molar-refractivity contribution in [1.29, 1.82) is 0 Å². The molecule has 0 amide bonds. The maximum Gasteiger partial charge on any atom is 0.490 e. The summed E-state index contributed by atoms with van der Waals surface area (Å²) < 4.78 is 40.2. The van der Waals surface area contributed by atoms with Crippen molar-refractivity contribution in [2.45, 2.75) is 6.85 Å². The van der Waals surface area contributed by atoms with Crippen LogP contribution in [-0.4, -0.2) is 23.7 Å². The molecule has 1 aromatic rings. The van der Waals surface area contributed by atoms with Gasteiger partial charge in [-0.15, -0.1) is 0 Å². The fourth-order valence-corrected chi connectivity index (χ4v) is 0.910. The van der Waals surface area contributed by atoms with Crippen molar-refractivity contribution >= 4 is 18.3 Å². The normalized spacial score (nSPS) is 17.5. The Balaban J connectivity index is 2.97. The van der Waals surface area contributed by atoms with Crippen LogP contribution in [0.5, 0.6) is 5.75 Å². The zero-order valence-corrected chi connectivity index (χ0v) is 6.69. The molecule has 0 saturated heterocycles. The third-order valence-electron chi connectivity index (χ3n) is 1.51. The molecule has 0 saturated carbocycles. The molecule has 0 atom stereocenters. The van der Waals surface area contributed by atoms with E-state index < -0.39 is 20.5 Å². The van der Waals surface area contributed by atoms with Crippen LogP contribution < -0.4 is 15.9 Å². The number of hydrogen-bond donors (Lipinski definition) is 3. The molecule has 1 rings (SSSR count). The lowest BCUT2D eigenvalue weighted by Crippen LogP contribution is -2.32. The summed E-state index contributed by atoms with van der Waals surface area (Å²) in [7, 11) is -1.77. The van der Waals surface area contributed by atoms with Crippen LogP contribution in [0.1, 0.15) is 13.7 Å². The molecule has 0 spiro atoms. The van der Waals surface area contributed by atoms with E-state index in [1.54, 1.807) is 0 Å². The molecule has 0 aromatic heterocycles. The number of ether oxygens (including phenoxy) is 1. The smallest absolute Gasteiger partial charge is 0.490 e. The standard InChI is InChI=1S/C8H12BNO3/c1-2-13-6-3-4-7(9(11)12)8(10)5-6/h3-5,11-12H,2,10H2,1H3/i1D3,2D2. The van der Waals surface area contributed by atoms with Gasteiger partial charge in [-0.2, -0.15) is 0 Å². The van der Waals surface area contributed by atoms with E-state index in [2.05, 4.69) is 0 Å². The van der Waals surface area contributed by atoms with Gasteiger partial charge in [0, 0.05) is 21.3 Å². The Labute approximate surface area is 84.1 Å². The Morgan fingerprint density at radius 3 is 3.00 bits per heavy atom. The van der Waals surface area contributed by atoms with Crippen LogP contribution in [0.3, 0.4) is 0 Å². The van der Waals surface area contributed by atoms with Gasteiger partial charge in [0.15, 0.2) is 0 Å². The van der Waals surface area contributed by atoms with Gasteiger partial charge in [-0.3, -0.25) is 0 Å². The van der Waals surface area contributed by atoms with Crippen molar-refractivity contribution in [1.82, 2.24) is 0 Å². The first kappa shape index (κ1) is 4.88. The van der Waals surface area contributed by atoms with E-state index in [1.807, 2.05) is 0 Å². The number of nitrogens with two attached hydrogens (primary N) is 1. The number of rotatable bonds is 3. The summed E-state index contributed by atoms with van der Waals surface area (Å²) in [5.74, 6) is -0.113. The summed E-state index contributed by atoms with van der Waals surface area (Å²) in [5.41, 5.74) is 5.47. The Bertz CT molecular complexity index is 437. The molecular formula is C8H12BNO3. The van der Waals surface area contributed by atoms with Crippen molar-refractivity contribution in [2.75, 3.05) is 12.3 Å². The topological polar surface area (TPSA) is 75.7 Å². The average molecular weight is 186 g/mol. The van der Waals surface area contributed by atoms with Gasteiger partial charge < -0.3 is 20.5 Å². The van der Waals surface area contributed by atoms with Gasteiger partial charge in [-0.05, 0) is 12.9 Å². The van der Waals surface area contributed by atoms with Crippen molar-refractivity contribution < 1.29 is 21.6 Å². The Hall–Kier alpha value is -1.20. The van der Waals surface area contributed by atoms with E-state index in [-0.39, 0.29) is 16.9 Å². The molecule has 0 unspecified atom stereocenters. The molecule has 1 aromatic carbocycles. The largest absolute Gasteiger partial charge is 0.494 e. The lowest BCUT2D eigenvalue weighted by molar-refractivity contribution is 0.340. The zero-order valence-electron chi connectivity index (χ0n) is 11.7. The van der Waals surface area contributed by atoms with Crippen LogP contribution in [0.4, 0.5) is 5.69 Å². The predicted octanol–water partition coefficient (Wildman–Crippen LogP) is -0.653. The molecule has 4 nitrogen and oxygen atoms in total. The molecule has 0 bridgehead atoms. The molecule has 0 aliphatic heterocycles. The minimum atomic E-state index is -2.95. The summed E-state index contributed by atoms with van der Waals surface area (Å²) in [4.78, 5) is 0. The highest BCUT2D eigenvalue weighted by Gasteiger charge is 2.14. The molecule has 0 fully saturated rings. The number of anilines is 1. The third kappa shape index (κ3) is 2.37. The summed E-state index contributed by atoms with van der Waals surface area (Å²) >= 11 is 0. The highest BCUT2D eigenvalue weighted by Crippen LogP contribution is 2.13. The van der Waals surface area contributed by atoms with Gasteiger partial charge in [0.25, 0.3) is 0 Å². The number of hydrogen-bond acceptors (Lipinski definition) is 4. The second-order valence-electron chi connectivity index (χ2n) is 2.37. The third-order valence-corrected chi connectivity index (χ3v) is 1.51. The van der Waals surface area contributed by atoms with Crippen LogP contribution in [-0.2, 0) is 0 Å². The van der Waals surface area contributed by atoms with E-state index in [4.69, 9.17) is 27.4 Å². The molecule has 13 heavy (non-hydrogen) atoms. The summed E-state index contributed by atoms with van der Waals surface area (Å²) in [5, 5.41) is 17.9. The quantitative estimate of drug-likeness (QED) is 0.433. The van der Waals surface area contributed by atoms with Crippen LogP contribution >= 0.6 is 0 Å². The minimum Gasteiger partial charge on any atom is -0.494 e. The Morgan fingerprint density at radius 1 is 1.69 bits per heavy atom. The van der Waals surface area contributed by atoms with Crippen molar-refractivity contribution in [2.24, 2.45) is 0 Å². The Kier molecular flexibility index (Phi) is 1.56. The molecule has 0 radical (unpaired) electrons. The fraction of sp³-hybridized carbons (Fsp3) is 0.250. The monoisotopic (exact) mass is 186 g/mol. The molecule has 5 heteroatoms. The van der Waals surface area contributed by atoms with E-state index >= 15 is 0 Å². The van der Waals surface area contributed by atoms with Gasteiger partial charge in [0.2, 0.25) is 0 Å². The lowest BCUT2D eigenvalue weighted by atomic mass is 9.79.